The molecule has 0 spiro atoms. The van der Waals surface area contributed by atoms with Crippen molar-refractivity contribution in [1.29, 1.82) is 0 Å². The Balaban J connectivity index is 2.69. The summed E-state index contributed by atoms with van der Waals surface area (Å²) >= 11 is 1.80. The highest BCUT2D eigenvalue weighted by Crippen LogP contribution is 2.21. The smallest absolute Gasteiger partial charge is 0.241 e. The first kappa shape index (κ1) is 14.8. The van der Waals surface area contributed by atoms with E-state index in [4.69, 9.17) is 0 Å². The molecule has 0 aromatic rings. The SMILES string of the molecule is CSCCN1C(=O)C(C(C)C)NC1CC(C)C. The van der Waals surface area contributed by atoms with Gasteiger partial charge in [-0.3, -0.25) is 10.1 Å². The zero-order valence-electron chi connectivity index (χ0n) is 11.7. The van der Waals surface area contributed by atoms with E-state index in [1.807, 2.05) is 4.90 Å². The summed E-state index contributed by atoms with van der Waals surface area (Å²) in [7, 11) is 0. The Morgan fingerprint density at radius 3 is 2.47 bits per heavy atom. The second kappa shape index (κ2) is 6.64. The van der Waals surface area contributed by atoms with Crippen LogP contribution in [0.5, 0.6) is 0 Å². The van der Waals surface area contributed by atoms with E-state index < -0.39 is 0 Å². The van der Waals surface area contributed by atoms with Gasteiger partial charge in [-0.25, -0.2) is 0 Å². The van der Waals surface area contributed by atoms with Crippen molar-refractivity contribution in [2.45, 2.75) is 46.3 Å². The first-order chi connectivity index (χ1) is 7.97. The Labute approximate surface area is 110 Å². The summed E-state index contributed by atoms with van der Waals surface area (Å²) in [6.45, 7) is 9.51. The van der Waals surface area contributed by atoms with Crippen molar-refractivity contribution in [1.82, 2.24) is 10.2 Å². The van der Waals surface area contributed by atoms with Gasteiger partial charge in [0.2, 0.25) is 5.91 Å². The molecule has 17 heavy (non-hydrogen) atoms. The zero-order valence-corrected chi connectivity index (χ0v) is 12.5. The van der Waals surface area contributed by atoms with E-state index in [0.29, 0.717) is 17.7 Å². The van der Waals surface area contributed by atoms with Gasteiger partial charge in [0, 0.05) is 12.3 Å². The molecule has 1 aliphatic rings. The first-order valence-corrected chi connectivity index (χ1v) is 7.92. The topological polar surface area (TPSA) is 32.3 Å². The summed E-state index contributed by atoms with van der Waals surface area (Å²) in [5, 5.41) is 3.50. The number of carbonyl (C=O) groups is 1. The molecule has 4 heteroatoms. The summed E-state index contributed by atoms with van der Waals surface area (Å²) in [5.74, 6) is 2.30. The third-order valence-corrected chi connectivity index (χ3v) is 3.79. The number of nitrogens with one attached hydrogen (secondary N) is 1. The highest BCUT2D eigenvalue weighted by Gasteiger charge is 2.39. The Morgan fingerprint density at radius 1 is 1.35 bits per heavy atom. The maximum absolute atomic E-state index is 12.3. The Bertz CT molecular complexity index is 256. The Morgan fingerprint density at radius 2 is 2.00 bits per heavy atom. The second-order valence-electron chi connectivity index (χ2n) is 5.56. The third-order valence-electron chi connectivity index (χ3n) is 3.19. The molecule has 0 bridgehead atoms. The fourth-order valence-corrected chi connectivity index (χ4v) is 2.66. The molecule has 0 aromatic heterocycles. The standard InChI is InChI=1S/C13H26N2OS/c1-9(2)8-11-14-12(10(3)4)13(16)15(11)6-7-17-5/h9-12,14H,6-8H2,1-5H3. The van der Waals surface area contributed by atoms with Crippen molar-refractivity contribution >= 4 is 17.7 Å². The summed E-state index contributed by atoms with van der Waals surface area (Å²) in [5.41, 5.74) is 0. The molecule has 1 fully saturated rings. The molecule has 100 valence electrons. The molecule has 2 atom stereocenters. The molecule has 0 saturated carbocycles. The molecule has 2 unspecified atom stereocenters. The van der Waals surface area contributed by atoms with Gasteiger partial charge in [0.05, 0.1) is 12.2 Å². The van der Waals surface area contributed by atoms with E-state index in [-0.39, 0.29) is 12.2 Å². The third kappa shape index (κ3) is 3.88. The van der Waals surface area contributed by atoms with Gasteiger partial charge in [0.15, 0.2) is 0 Å². The van der Waals surface area contributed by atoms with E-state index in [2.05, 4.69) is 39.3 Å². The molecule has 1 rings (SSSR count). The summed E-state index contributed by atoms with van der Waals surface area (Å²) < 4.78 is 0. The molecule has 1 amide bonds. The minimum Gasteiger partial charge on any atom is -0.325 e. The van der Waals surface area contributed by atoms with Gasteiger partial charge in [-0.05, 0) is 24.5 Å². The van der Waals surface area contributed by atoms with Crippen molar-refractivity contribution in [3.63, 3.8) is 0 Å². The van der Waals surface area contributed by atoms with E-state index in [9.17, 15) is 4.79 Å². The molecule has 1 N–H and O–H groups in total. The van der Waals surface area contributed by atoms with Gasteiger partial charge in [0.1, 0.15) is 0 Å². The van der Waals surface area contributed by atoms with E-state index >= 15 is 0 Å². The normalized spacial score (nSPS) is 25.4. The van der Waals surface area contributed by atoms with Gasteiger partial charge in [-0.1, -0.05) is 27.7 Å². The fraction of sp³-hybridized carbons (Fsp3) is 0.923. The molecule has 0 aliphatic carbocycles. The van der Waals surface area contributed by atoms with Crippen LogP contribution in [0.2, 0.25) is 0 Å². The maximum atomic E-state index is 12.3. The number of carbonyl (C=O) groups excluding carboxylic acids is 1. The summed E-state index contributed by atoms with van der Waals surface area (Å²) in [6, 6.07) is 0.0145. The lowest BCUT2D eigenvalue weighted by Gasteiger charge is -2.25. The van der Waals surface area contributed by atoms with Gasteiger partial charge in [-0.2, -0.15) is 11.8 Å². The molecule has 3 nitrogen and oxygen atoms in total. The van der Waals surface area contributed by atoms with Crippen LogP contribution in [0.3, 0.4) is 0 Å². The molecule has 0 radical (unpaired) electrons. The van der Waals surface area contributed by atoms with Crippen LogP contribution in [0.4, 0.5) is 0 Å². The minimum absolute atomic E-state index is 0.0145. The largest absolute Gasteiger partial charge is 0.325 e. The van der Waals surface area contributed by atoms with E-state index in [1.54, 1.807) is 11.8 Å². The van der Waals surface area contributed by atoms with Crippen LogP contribution in [0, 0.1) is 11.8 Å². The van der Waals surface area contributed by atoms with Crippen LogP contribution in [-0.4, -0.2) is 41.6 Å². The molecular formula is C13H26N2OS. The lowest BCUT2D eigenvalue weighted by Crippen LogP contribution is -2.39. The van der Waals surface area contributed by atoms with E-state index in [1.165, 1.54) is 0 Å². The predicted octanol–water partition coefficient (Wildman–Crippen LogP) is 2.18. The number of hydrogen-bond acceptors (Lipinski definition) is 3. The van der Waals surface area contributed by atoms with Crippen molar-refractivity contribution in [3.05, 3.63) is 0 Å². The lowest BCUT2D eigenvalue weighted by atomic mass is 10.0. The number of amides is 1. The minimum atomic E-state index is 0.0145. The van der Waals surface area contributed by atoms with Crippen LogP contribution in [0.15, 0.2) is 0 Å². The average Bonchev–Trinajstić information content (AvgIpc) is 2.52. The first-order valence-electron chi connectivity index (χ1n) is 6.52. The second-order valence-corrected chi connectivity index (χ2v) is 6.54. The highest BCUT2D eigenvalue weighted by molar-refractivity contribution is 7.98. The Hall–Kier alpha value is -0.220. The predicted molar refractivity (Wildman–Crippen MR) is 75.1 cm³/mol. The number of rotatable bonds is 6. The zero-order chi connectivity index (χ0) is 13.0. The number of nitrogens with zero attached hydrogens (tertiary/aromatic N) is 1. The fourth-order valence-electron chi connectivity index (χ4n) is 2.28. The summed E-state index contributed by atoms with van der Waals surface area (Å²) in [4.78, 5) is 14.3. The molecule has 1 saturated heterocycles. The quantitative estimate of drug-likeness (QED) is 0.792. The van der Waals surface area contributed by atoms with Crippen LogP contribution in [0.25, 0.3) is 0 Å². The Kier molecular flexibility index (Phi) is 5.80. The maximum Gasteiger partial charge on any atom is 0.241 e. The number of thioether (sulfide) groups is 1. The van der Waals surface area contributed by atoms with Gasteiger partial charge in [0.25, 0.3) is 0 Å². The van der Waals surface area contributed by atoms with Gasteiger partial charge < -0.3 is 4.90 Å². The molecule has 1 heterocycles. The lowest BCUT2D eigenvalue weighted by molar-refractivity contribution is -0.130. The van der Waals surface area contributed by atoms with E-state index in [0.717, 1.165) is 18.7 Å². The van der Waals surface area contributed by atoms with Gasteiger partial charge >= 0.3 is 0 Å². The van der Waals surface area contributed by atoms with Crippen molar-refractivity contribution in [2.75, 3.05) is 18.6 Å². The number of hydrogen-bond donors (Lipinski definition) is 1. The summed E-state index contributed by atoms with van der Waals surface area (Å²) in [6.07, 6.45) is 3.37. The molecular weight excluding hydrogens is 232 g/mol. The van der Waals surface area contributed by atoms with Crippen LogP contribution >= 0.6 is 11.8 Å². The van der Waals surface area contributed by atoms with Crippen LogP contribution in [0.1, 0.15) is 34.1 Å². The molecule has 0 aromatic carbocycles. The van der Waals surface area contributed by atoms with Crippen LogP contribution < -0.4 is 5.32 Å². The highest BCUT2D eigenvalue weighted by atomic mass is 32.2. The monoisotopic (exact) mass is 258 g/mol. The van der Waals surface area contributed by atoms with Crippen LogP contribution in [-0.2, 0) is 4.79 Å². The van der Waals surface area contributed by atoms with Crippen molar-refractivity contribution in [3.8, 4) is 0 Å². The van der Waals surface area contributed by atoms with Crippen molar-refractivity contribution in [2.24, 2.45) is 11.8 Å². The average molecular weight is 258 g/mol. The van der Waals surface area contributed by atoms with Crippen molar-refractivity contribution < 1.29 is 4.79 Å². The van der Waals surface area contributed by atoms with Gasteiger partial charge in [-0.15, -0.1) is 0 Å². The molecule has 1 aliphatic heterocycles.